The van der Waals surface area contributed by atoms with Gasteiger partial charge in [0, 0.05) is 6.42 Å². The summed E-state index contributed by atoms with van der Waals surface area (Å²) in [5.74, 6) is 1.28. The van der Waals surface area contributed by atoms with Gasteiger partial charge in [-0.25, -0.2) is 0 Å². The summed E-state index contributed by atoms with van der Waals surface area (Å²) in [7, 11) is 0. The fourth-order valence-corrected chi connectivity index (χ4v) is 1.69. The van der Waals surface area contributed by atoms with Gasteiger partial charge in [-0.3, -0.25) is 4.79 Å². The standard InChI is InChI=1S/C13H16O4/c1-3-4-13(14)17-9(2)10-5-6-11-12(7-10)16-8-15-11/h5-7,9H,3-4,8H2,1-2H3/t9-/m1/s1. The minimum atomic E-state index is -0.261. The summed E-state index contributed by atoms with van der Waals surface area (Å²) in [5.41, 5.74) is 0.915. The van der Waals surface area contributed by atoms with E-state index in [0.717, 1.165) is 17.7 Å². The largest absolute Gasteiger partial charge is 0.458 e. The van der Waals surface area contributed by atoms with Crippen LogP contribution in [-0.2, 0) is 9.53 Å². The topological polar surface area (TPSA) is 44.8 Å². The summed E-state index contributed by atoms with van der Waals surface area (Å²) >= 11 is 0. The molecule has 0 amide bonds. The molecule has 0 fully saturated rings. The lowest BCUT2D eigenvalue weighted by Crippen LogP contribution is -2.08. The third kappa shape index (κ3) is 2.70. The number of carbonyl (C=O) groups excluding carboxylic acids is 1. The van der Waals surface area contributed by atoms with Gasteiger partial charge in [0.05, 0.1) is 0 Å². The molecule has 0 aliphatic carbocycles. The molecule has 2 rings (SSSR count). The van der Waals surface area contributed by atoms with Gasteiger partial charge in [-0.15, -0.1) is 0 Å². The van der Waals surface area contributed by atoms with E-state index in [1.807, 2.05) is 32.0 Å². The van der Waals surface area contributed by atoms with E-state index in [2.05, 4.69) is 0 Å². The van der Waals surface area contributed by atoms with Crippen molar-refractivity contribution < 1.29 is 19.0 Å². The average Bonchev–Trinajstić information content (AvgIpc) is 2.75. The van der Waals surface area contributed by atoms with Gasteiger partial charge in [0.1, 0.15) is 6.10 Å². The number of rotatable bonds is 4. The molecule has 4 heteroatoms. The molecule has 1 aromatic rings. The van der Waals surface area contributed by atoms with E-state index < -0.39 is 0 Å². The number of fused-ring (bicyclic) bond motifs is 1. The van der Waals surface area contributed by atoms with Crippen molar-refractivity contribution in [1.82, 2.24) is 0 Å². The second kappa shape index (κ2) is 5.08. The fraction of sp³-hybridized carbons (Fsp3) is 0.462. The molecule has 0 radical (unpaired) electrons. The van der Waals surface area contributed by atoms with Crippen LogP contribution in [0.15, 0.2) is 18.2 Å². The van der Waals surface area contributed by atoms with Crippen LogP contribution in [0, 0.1) is 0 Å². The number of esters is 1. The van der Waals surface area contributed by atoms with Gasteiger partial charge in [-0.1, -0.05) is 13.0 Å². The van der Waals surface area contributed by atoms with Crippen LogP contribution in [-0.4, -0.2) is 12.8 Å². The highest BCUT2D eigenvalue weighted by atomic mass is 16.7. The number of hydrogen-bond acceptors (Lipinski definition) is 4. The smallest absolute Gasteiger partial charge is 0.306 e. The van der Waals surface area contributed by atoms with Crippen LogP contribution in [0.25, 0.3) is 0 Å². The van der Waals surface area contributed by atoms with E-state index in [1.165, 1.54) is 0 Å². The summed E-state index contributed by atoms with van der Waals surface area (Å²) in [5, 5.41) is 0. The summed E-state index contributed by atoms with van der Waals surface area (Å²) < 4.78 is 15.8. The highest BCUT2D eigenvalue weighted by Crippen LogP contribution is 2.34. The minimum absolute atomic E-state index is 0.169. The van der Waals surface area contributed by atoms with Crippen molar-refractivity contribution in [2.75, 3.05) is 6.79 Å². The first kappa shape index (κ1) is 11.8. The predicted octanol–water partition coefficient (Wildman–Crippen LogP) is 2.82. The monoisotopic (exact) mass is 236 g/mol. The van der Waals surface area contributed by atoms with E-state index in [9.17, 15) is 4.79 Å². The molecule has 1 aliphatic heterocycles. The molecule has 92 valence electrons. The van der Waals surface area contributed by atoms with E-state index in [0.29, 0.717) is 12.2 Å². The molecule has 0 bridgehead atoms. The summed E-state index contributed by atoms with van der Waals surface area (Å²) in [6.45, 7) is 4.06. The Morgan fingerprint density at radius 2 is 2.18 bits per heavy atom. The highest BCUT2D eigenvalue weighted by Gasteiger charge is 2.17. The van der Waals surface area contributed by atoms with Crippen molar-refractivity contribution >= 4 is 5.97 Å². The SMILES string of the molecule is CCCC(=O)O[C@H](C)c1ccc2c(c1)OCO2. The van der Waals surface area contributed by atoms with Crippen LogP contribution < -0.4 is 9.47 Å². The number of hydrogen-bond donors (Lipinski definition) is 0. The van der Waals surface area contributed by atoms with Crippen molar-refractivity contribution in [2.45, 2.75) is 32.8 Å². The van der Waals surface area contributed by atoms with Crippen molar-refractivity contribution in [3.05, 3.63) is 23.8 Å². The lowest BCUT2D eigenvalue weighted by molar-refractivity contribution is -0.148. The van der Waals surface area contributed by atoms with Gasteiger partial charge in [0.25, 0.3) is 0 Å². The maximum Gasteiger partial charge on any atom is 0.306 e. The van der Waals surface area contributed by atoms with Gasteiger partial charge in [-0.2, -0.15) is 0 Å². The quantitative estimate of drug-likeness (QED) is 0.754. The molecule has 0 spiro atoms. The number of ether oxygens (including phenoxy) is 3. The second-order valence-corrected chi connectivity index (χ2v) is 3.99. The Kier molecular flexibility index (Phi) is 3.52. The van der Waals surface area contributed by atoms with Crippen LogP contribution in [0.1, 0.15) is 38.4 Å². The molecule has 1 aliphatic rings. The molecular formula is C13H16O4. The Balaban J connectivity index is 2.04. The zero-order valence-corrected chi connectivity index (χ0v) is 10.1. The van der Waals surface area contributed by atoms with Gasteiger partial charge in [0.15, 0.2) is 11.5 Å². The minimum Gasteiger partial charge on any atom is -0.458 e. The average molecular weight is 236 g/mol. The lowest BCUT2D eigenvalue weighted by atomic mass is 10.1. The molecule has 0 saturated carbocycles. The molecule has 0 saturated heterocycles. The molecule has 0 unspecified atom stereocenters. The predicted molar refractivity (Wildman–Crippen MR) is 62.0 cm³/mol. The second-order valence-electron chi connectivity index (χ2n) is 3.99. The third-order valence-electron chi connectivity index (χ3n) is 2.63. The molecule has 1 aromatic carbocycles. The number of benzene rings is 1. The molecule has 17 heavy (non-hydrogen) atoms. The Hall–Kier alpha value is -1.71. The van der Waals surface area contributed by atoms with E-state index >= 15 is 0 Å². The summed E-state index contributed by atoms with van der Waals surface area (Å²) in [6.07, 6.45) is 0.991. The molecule has 1 atom stereocenters. The van der Waals surface area contributed by atoms with Crippen LogP contribution in [0.4, 0.5) is 0 Å². The lowest BCUT2D eigenvalue weighted by Gasteiger charge is -2.13. The third-order valence-corrected chi connectivity index (χ3v) is 2.63. The first-order valence-electron chi connectivity index (χ1n) is 5.79. The molecule has 0 N–H and O–H groups in total. The van der Waals surface area contributed by atoms with Gasteiger partial charge in [0.2, 0.25) is 6.79 Å². The molecular weight excluding hydrogens is 220 g/mol. The Morgan fingerprint density at radius 1 is 1.41 bits per heavy atom. The molecule has 0 aromatic heterocycles. The van der Waals surface area contributed by atoms with E-state index in [4.69, 9.17) is 14.2 Å². The highest BCUT2D eigenvalue weighted by molar-refractivity contribution is 5.69. The van der Waals surface area contributed by atoms with Crippen LogP contribution in [0.5, 0.6) is 11.5 Å². The molecule has 1 heterocycles. The van der Waals surface area contributed by atoms with E-state index in [-0.39, 0.29) is 18.9 Å². The Labute approximate surface area is 100 Å². The Morgan fingerprint density at radius 3 is 2.94 bits per heavy atom. The van der Waals surface area contributed by atoms with Crippen molar-refractivity contribution in [3.63, 3.8) is 0 Å². The first-order chi connectivity index (χ1) is 8.20. The maximum absolute atomic E-state index is 11.4. The molecule has 4 nitrogen and oxygen atoms in total. The van der Waals surface area contributed by atoms with Crippen LogP contribution in [0.2, 0.25) is 0 Å². The van der Waals surface area contributed by atoms with Gasteiger partial charge in [-0.05, 0) is 31.0 Å². The number of carbonyl (C=O) groups is 1. The fourth-order valence-electron chi connectivity index (χ4n) is 1.69. The summed E-state index contributed by atoms with van der Waals surface area (Å²) in [6, 6.07) is 5.57. The van der Waals surface area contributed by atoms with Gasteiger partial charge >= 0.3 is 5.97 Å². The first-order valence-corrected chi connectivity index (χ1v) is 5.79. The zero-order valence-electron chi connectivity index (χ0n) is 10.1. The summed E-state index contributed by atoms with van der Waals surface area (Å²) in [4.78, 5) is 11.4. The van der Waals surface area contributed by atoms with Crippen LogP contribution >= 0.6 is 0 Å². The van der Waals surface area contributed by atoms with Crippen molar-refractivity contribution in [2.24, 2.45) is 0 Å². The maximum atomic E-state index is 11.4. The van der Waals surface area contributed by atoms with Crippen LogP contribution in [0.3, 0.4) is 0 Å². The zero-order chi connectivity index (χ0) is 12.3. The Bertz CT molecular complexity index is 414. The van der Waals surface area contributed by atoms with Gasteiger partial charge < -0.3 is 14.2 Å². The van der Waals surface area contributed by atoms with Crippen molar-refractivity contribution in [1.29, 1.82) is 0 Å². The van der Waals surface area contributed by atoms with Crippen molar-refractivity contribution in [3.8, 4) is 11.5 Å². The normalized spacial score (nSPS) is 14.5. The van der Waals surface area contributed by atoms with E-state index in [1.54, 1.807) is 0 Å².